The van der Waals surface area contributed by atoms with Crippen LogP contribution in [-0.2, 0) is 11.3 Å². The van der Waals surface area contributed by atoms with E-state index in [1.54, 1.807) is 52.5 Å². The average Bonchev–Trinajstić information content (AvgIpc) is 3.46. The van der Waals surface area contributed by atoms with E-state index in [0.29, 0.717) is 26.7 Å². The van der Waals surface area contributed by atoms with Gasteiger partial charge >= 0.3 is 0 Å². The minimum absolute atomic E-state index is 0.120. The molecule has 0 aliphatic carbocycles. The number of carbonyl (C=O) groups is 2. The Hall–Kier alpha value is -3.21. The van der Waals surface area contributed by atoms with Crippen LogP contribution >= 0.6 is 34.7 Å². The molecule has 0 radical (unpaired) electrons. The van der Waals surface area contributed by atoms with Crippen molar-refractivity contribution in [2.24, 2.45) is 0 Å². The SMILES string of the molecule is O=C(CSc1nnc(CNC(=O)c2ccccc2)n1-c1cccc(Cl)c1)Nc1nccs1. The van der Waals surface area contributed by atoms with E-state index in [4.69, 9.17) is 11.6 Å². The standard InChI is InChI=1S/C21H17ClN6O2S2/c22-15-7-4-8-16(11-15)28-17(12-24-19(30)14-5-2-1-3-6-14)26-27-21(28)32-13-18(29)25-20-23-9-10-31-20/h1-11H,12-13H2,(H,24,30)(H,23,25,29). The van der Waals surface area contributed by atoms with Crippen molar-refractivity contribution < 1.29 is 9.59 Å². The monoisotopic (exact) mass is 484 g/mol. The number of hydrogen-bond donors (Lipinski definition) is 2. The Morgan fingerprint density at radius 1 is 1.09 bits per heavy atom. The molecule has 2 N–H and O–H groups in total. The lowest BCUT2D eigenvalue weighted by Crippen LogP contribution is -2.24. The molecule has 4 aromatic rings. The number of halogens is 1. The molecule has 162 valence electrons. The summed E-state index contributed by atoms with van der Waals surface area (Å²) >= 11 is 8.75. The summed E-state index contributed by atoms with van der Waals surface area (Å²) in [4.78, 5) is 28.7. The topological polar surface area (TPSA) is 102 Å². The van der Waals surface area contributed by atoms with Gasteiger partial charge in [-0.15, -0.1) is 21.5 Å². The summed E-state index contributed by atoms with van der Waals surface area (Å²) < 4.78 is 1.78. The van der Waals surface area contributed by atoms with Crippen LogP contribution < -0.4 is 10.6 Å². The average molecular weight is 485 g/mol. The summed E-state index contributed by atoms with van der Waals surface area (Å²) in [6.45, 7) is 0.152. The maximum atomic E-state index is 12.4. The zero-order valence-corrected chi connectivity index (χ0v) is 19.0. The van der Waals surface area contributed by atoms with Gasteiger partial charge in [0.15, 0.2) is 16.1 Å². The first-order valence-corrected chi connectivity index (χ1v) is 11.7. The third kappa shape index (κ3) is 5.52. The van der Waals surface area contributed by atoms with Crippen molar-refractivity contribution in [2.75, 3.05) is 11.1 Å². The molecule has 0 aliphatic rings. The number of thiazole rings is 1. The first kappa shape index (κ1) is 22.0. The van der Waals surface area contributed by atoms with Gasteiger partial charge in [-0.2, -0.15) is 0 Å². The van der Waals surface area contributed by atoms with Gasteiger partial charge in [0.1, 0.15) is 0 Å². The molecule has 8 nitrogen and oxygen atoms in total. The number of nitrogens with one attached hydrogen (secondary N) is 2. The highest BCUT2D eigenvalue weighted by Gasteiger charge is 2.17. The minimum atomic E-state index is -0.219. The molecule has 0 atom stereocenters. The molecule has 0 fully saturated rings. The van der Waals surface area contributed by atoms with E-state index in [0.717, 1.165) is 5.69 Å². The second-order valence-corrected chi connectivity index (χ2v) is 8.71. The molecule has 2 amide bonds. The molecule has 0 spiro atoms. The van der Waals surface area contributed by atoms with E-state index in [1.807, 2.05) is 18.2 Å². The van der Waals surface area contributed by atoms with Crippen LogP contribution in [0.5, 0.6) is 0 Å². The summed E-state index contributed by atoms with van der Waals surface area (Å²) in [6, 6.07) is 16.1. The fourth-order valence-electron chi connectivity index (χ4n) is 2.80. The van der Waals surface area contributed by atoms with Crippen LogP contribution in [-0.4, -0.2) is 37.3 Å². The second kappa shape index (κ2) is 10.4. The van der Waals surface area contributed by atoms with Gasteiger partial charge in [-0.1, -0.05) is 47.6 Å². The Kier molecular flexibility index (Phi) is 7.15. The van der Waals surface area contributed by atoms with Crippen LogP contribution in [0, 0.1) is 0 Å². The molecular weight excluding hydrogens is 468 g/mol. The number of hydrogen-bond acceptors (Lipinski definition) is 7. The summed E-state index contributed by atoms with van der Waals surface area (Å²) in [6.07, 6.45) is 1.62. The third-order valence-corrected chi connectivity index (χ3v) is 6.07. The van der Waals surface area contributed by atoms with Crippen LogP contribution in [0.2, 0.25) is 5.02 Å². The summed E-state index contributed by atoms with van der Waals surface area (Å²) in [5.74, 6) is 0.210. The van der Waals surface area contributed by atoms with Crippen molar-refractivity contribution in [3.8, 4) is 5.69 Å². The molecular formula is C21H17ClN6O2S2. The van der Waals surface area contributed by atoms with Crippen LogP contribution in [0.25, 0.3) is 5.69 Å². The normalized spacial score (nSPS) is 10.7. The van der Waals surface area contributed by atoms with Gasteiger partial charge in [-0.25, -0.2) is 4.98 Å². The van der Waals surface area contributed by atoms with Crippen LogP contribution in [0.1, 0.15) is 16.2 Å². The molecule has 11 heteroatoms. The number of carbonyl (C=O) groups excluding carboxylic acids is 2. The zero-order chi connectivity index (χ0) is 22.3. The van der Waals surface area contributed by atoms with Crippen molar-refractivity contribution in [3.63, 3.8) is 0 Å². The predicted molar refractivity (Wildman–Crippen MR) is 125 cm³/mol. The number of anilines is 1. The Morgan fingerprint density at radius 3 is 2.69 bits per heavy atom. The highest BCUT2D eigenvalue weighted by molar-refractivity contribution is 7.99. The number of nitrogens with zero attached hydrogens (tertiary/aromatic N) is 4. The van der Waals surface area contributed by atoms with E-state index >= 15 is 0 Å². The Balaban J connectivity index is 1.52. The van der Waals surface area contributed by atoms with Crippen molar-refractivity contribution in [3.05, 3.63) is 82.6 Å². The fraction of sp³-hybridized carbons (Fsp3) is 0.0952. The highest BCUT2D eigenvalue weighted by atomic mass is 35.5. The van der Waals surface area contributed by atoms with E-state index in [2.05, 4.69) is 25.8 Å². The summed E-state index contributed by atoms with van der Waals surface area (Å²) in [5, 5.41) is 17.4. The van der Waals surface area contributed by atoms with Gasteiger partial charge in [0.25, 0.3) is 5.91 Å². The Bertz CT molecular complexity index is 1210. The molecule has 0 unspecified atom stereocenters. The molecule has 4 rings (SSSR count). The first-order chi connectivity index (χ1) is 15.6. The van der Waals surface area contributed by atoms with E-state index in [1.165, 1.54) is 23.1 Å². The molecule has 0 aliphatic heterocycles. The molecule has 0 saturated heterocycles. The number of amides is 2. The maximum Gasteiger partial charge on any atom is 0.251 e. The summed E-state index contributed by atoms with van der Waals surface area (Å²) in [5.41, 5.74) is 1.28. The van der Waals surface area contributed by atoms with Gasteiger partial charge < -0.3 is 10.6 Å². The largest absolute Gasteiger partial charge is 0.345 e. The lowest BCUT2D eigenvalue weighted by Gasteiger charge is -2.11. The Morgan fingerprint density at radius 2 is 1.94 bits per heavy atom. The zero-order valence-electron chi connectivity index (χ0n) is 16.6. The molecule has 2 aromatic carbocycles. The van der Waals surface area contributed by atoms with Gasteiger partial charge in [0.2, 0.25) is 5.91 Å². The number of rotatable bonds is 8. The molecule has 0 bridgehead atoms. The minimum Gasteiger partial charge on any atom is -0.345 e. The van der Waals surface area contributed by atoms with Gasteiger partial charge in [-0.3, -0.25) is 14.2 Å². The lowest BCUT2D eigenvalue weighted by molar-refractivity contribution is -0.113. The van der Waals surface area contributed by atoms with Crippen LogP contribution in [0.15, 0.2) is 71.3 Å². The molecule has 0 saturated carbocycles. The fourth-order valence-corrected chi connectivity index (χ4v) is 4.30. The smallest absolute Gasteiger partial charge is 0.251 e. The molecule has 32 heavy (non-hydrogen) atoms. The van der Waals surface area contributed by atoms with E-state index < -0.39 is 0 Å². The van der Waals surface area contributed by atoms with E-state index in [-0.39, 0.29) is 24.1 Å². The van der Waals surface area contributed by atoms with Crippen molar-refractivity contribution in [2.45, 2.75) is 11.7 Å². The molecule has 2 aromatic heterocycles. The summed E-state index contributed by atoms with van der Waals surface area (Å²) in [7, 11) is 0. The van der Waals surface area contributed by atoms with Gasteiger partial charge in [-0.05, 0) is 30.3 Å². The van der Waals surface area contributed by atoms with E-state index in [9.17, 15) is 9.59 Å². The van der Waals surface area contributed by atoms with Crippen molar-refractivity contribution in [1.82, 2.24) is 25.1 Å². The predicted octanol–water partition coefficient (Wildman–Crippen LogP) is 4.04. The number of benzene rings is 2. The first-order valence-electron chi connectivity index (χ1n) is 9.46. The third-order valence-electron chi connectivity index (χ3n) is 4.22. The van der Waals surface area contributed by atoms with Crippen molar-refractivity contribution in [1.29, 1.82) is 0 Å². The van der Waals surface area contributed by atoms with Gasteiger partial charge in [0.05, 0.1) is 18.0 Å². The quantitative estimate of drug-likeness (QED) is 0.366. The Labute approximate surface area is 197 Å². The maximum absolute atomic E-state index is 12.4. The number of thioether (sulfide) groups is 1. The second-order valence-electron chi connectivity index (χ2n) is 6.44. The highest BCUT2D eigenvalue weighted by Crippen LogP contribution is 2.24. The number of aromatic nitrogens is 4. The van der Waals surface area contributed by atoms with Gasteiger partial charge in [0, 0.05) is 22.2 Å². The van der Waals surface area contributed by atoms with Crippen LogP contribution in [0.3, 0.4) is 0 Å². The lowest BCUT2D eigenvalue weighted by atomic mass is 10.2. The molecule has 2 heterocycles. The van der Waals surface area contributed by atoms with Crippen LogP contribution in [0.4, 0.5) is 5.13 Å². The van der Waals surface area contributed by atoms with Crippen molar-refractivity contribution >= 4 is 51.6 Å².